The molecule has 0 N–H and O–H groups in total. The zero-order chi connectivity index (χ0) is 44.1. The van der Waals surface area contributed by atoms with Gasteiger partial charge in [-0.3, -0.25) is 0 Å². The van der Waals surface area contributed by atoms with E-state index in [9.17, 15) is 0 Å². The van der Waals surface area contributed by atoms with E-state index in [0.717, 1.165) is 22.7 Å². The van der Waals surface area contributed by atoms with Crippen LogP contribution in [-0.2, 0) is 5.41 Å². The Kier molecular flexibility index (Phi) is 12.4. The highest BCUT2D eigenvalue weighted by Gasteiger charge is 2.24. The van der Waals surface area contributed by atoms with E-state index in [4.69, 9.17) is 0 Å². The van der Waals surface area contributed by atoms with Crippen molar-refractivity contribution in [3.05, 3.63) is 273 Å². The Morgan fingerprint density at radius 2 is 0.476 bits per heavy atom. The molecule has 8 aromatic rings. The summed E-state index contributed by atoms with van der Waals surface area (Å²) in [4.78, 5) is 4.66. The number of hydrogen-bond acceptors (Lipinski definition) is 2. The average Bonchev–Trinajstić information content (AvgIpc) is 3.30. The van der Waals surface area contributed by atoms with Crippen molar-refractivity contribution >= 4 is 33.9 Å². The van der Waals surface area contributed by atoms with Gasteiger partial charge in [-0.15, -0.1) is 0 Å². The van der Waals surface area contributed by atoms with Crippen LogP contribution in [0.1, 0.15) is 80.6 Å². The molecule has 8 rings (SSSR count). The lowest BCUT2D eigenvalue weighted by Gasteiger charge is -2.29. The molecule has 0 heterocycles. The van der Waals surface area contributed by atoms with Gasteiger partial charge in [0, 0.05) is 51.7 Å². The van der Waals surface area contributed by atoms with Crippen LogP contribution in [0.4, 0.5) is 22.7 Å². The van der Waals surface area contributed by atoms with E-state index in [1.165, 1.54) is 77.9 Å². The molecular weight excluding hydrogens is 761 g/mol. The summed E-state index contributed by atoms with van der Waals surface area (Å²) in [6.07, 6.45) is 4.60. The predicted molar refractivity (Wildman–Crippen MR) is 271 cm³/mol. The van der Waals surface area contributed by atoms with Gasteiger partial charge in [-0.25, -0.2) is 0 Å². The Labute approximate surface area is 376 Å². The summed E-state index contributed by atoms with van der Waals surface area (Å²) in [5.41, 5.74) is 21.2. The fourth-order valence-electron chi connectivity index (χ4n) is 8.07. The van der Waals surface area contributed by atoms with Gasteiger partial charge in [0.2, 0.25) is 0 Å². The van der Waals surface area contributed by atoms with E-state index in [2.05, 4.69) is 272 Å². The molecule has 0 aliphatic heterocycles. The van der Waals surface area contributed by atoms with Crippen molar-refractivity contribution < 1.29 is 0 Å². The second-order valence-electron chi connectivity index (χ2n) is 17.7. The van der Waals surface area contributed by atoms with E-state index in [-0.39, 0.29) is 5.41 Å². The van der Waals surface area contributed by atoms with Crippen LogP contribution < -0.4 is 9.80 Å². The van der Waals surface area contributed by atoms with Gasteiger partial charge in [0.1, 0.15) is 0 Å². The maximum absolute atomic E-state index is 2.33. The molecule has 63 heavy (non-hydrogen) atoms. The van der Waals surface area contributed by atoms with Crippen LogP contribution in [0.5, 0.6) is 0 Å². The fraction of sp³-hybridized carbons (Fsp3) is 0.148. The highest BCUT2D eigenvalue weighted by Crippen LogP contribution is 2.38. The van der Waals surface area contributed by atoms with Crippen molar-refractivity contribution in [2.45, 2.75) is 60.8 Å². The van der Waals surface area contributed by atoms with Crippen molar-refractivity contribution in [1.29, 1.82) is 0 Å². The zero-order valence-electron chi connectivity index (χ0n) is 38.0. The summed E-state index contributed by atoms with van der Waals surface area (Å²) in [6, 6.07) is 71.3. The quantitative estimate of drug-likeness (QED) is 0.121. The molecule has 0 saturated heterocycles. The minimum absolute atomic E-state index is 0.254. The maximum atomic E-state index is 2.33. The molecule has 0 radical (unpaired) electrons. The molecular formula is C61H58N2. The molecule has 0 bridgehead atoms. The first-order chi connectivity index (χ1) is 30.4. The smallest absolute Gasteiger partial charge is 0.0455 e. The summed E-state index contributed by atoms with van der Waals surface area (Å²) < 4.78 is 0. The Morgan fingerprint density at radius 1 is 0.286 bits per heavy atom. The summed E-state index contributed by atoms with van der Waals surface area (Å²) in [5.74, 6) is 0. The third-order valence-electron chi connectivity index (χ3n) is 12.3. The molecule has 0 atom stereocenters. The van der Waals surface area contributed by atoms with Crippen molar-refractivity contribution in [2.24, 2.45) is 0 Å². The molecule has 2 nitrogen and oxygen atoms in total. The number of anilines is 4. The number of rotatable bonds is 12. The Morgan fingerprint density at radius 3 is 0.698 bits per heavy atom. The summed E-state index contributed by atoms with van der Waals surface area (Å²) in [5, 5.41) is 0. The van der Waals surface area contributed by atoms with E-state index < -0.39 is 0 Å². The monoisotopic (exact) mass is 818 g/mol. The minimum Gasteiger partial charge on any atom is -0.317 e. The van der Waals surface area contributed by atoms with E-state index in [0.29, 0.717) is 0 Å². The molecule has 0 saturated carbocycles. The molecule has 0 aliphatic rings. The second kappa shape index (κ2) is 18.4. The molecule has 0 fully saturated rings. The molecule has 312 valence electrons. The molecule has 0 amide bonds. The minimum atomic E-state index is -0.254. The largest absolute Gasteiger partial charge is 0.317 e. The fourth-order valence-corrected chi connectivity index (χ4v) is 8.07. The maximum Gasteiger partial charge on any atom is 0.0455 e. The Bertz CT molecular complexity index is 2530. The first kappa shape index (κ1) is 42.5. The lowest BCUT2D eigenvalue weighted by Crippen LogP contribution is -2.19. The van der Waals surface area contributed by atoms with Gasteiger partial charge >= 0.3 is 0 Å². The number of nitrogens with zero attached hydrogens (tertiary/aromatic N) is 2. The van der Waals surface area contributed by atoms with Crippen LogP contribution in [0.15, 0.2) is 207 Å². The van der Waals surface area contributed by atoms with Crippen molar-refractivity contribution in [2.75, 3.05) is 9.80 Å². The second-order valence-corrected chi connectivity index (χ2v) is 17.7. The summed E-state index contributed by atoms with van der Waals surface area (Å²) in [7, 11) is 0. The topological polar surface area (TPSA) is 6.48 Å². The number of hydrogen-bond donors (Lipinski definition) is 0. The first-order valence-electron chi connectivity index (χ1n) is 22.1. The van der Waals surface area contributed by atoms with Crippen LogP contribution in [-0.4, -0.2) is 0 Å². The number of benzene rings is 8. The lowest BCUT2D eigenvalue weighted by molar-refractivity contribution is 0.641. The van der Waals surface area contributed by atoms with Gasteiger partial charge < -0.3 is 9.80 Å². The first-order valence-corrected chi connectivity index (χ1v) is 22.1. The van der Waals surface area contributed by atoms with Gasteiger partial charge in [-0.05, 0) is 123 Å². The van der Waals surface area contributed by atoms with Gasteiger partial charge in [0.15, 0.2) is 0 Å². The van der Waals surface area contributed by atoms with Gasteiger partial charge in [-0.1, -0.05) is 193 Å². The lowest BCUT2D eigenvalue weighted by atomic mass is 9.78. The van der Waals surface area contributed by atoms with Crippen molar-refractivity contribution in [3.63, 3.8) is 0 Å². The van der Waals surface area contributed by atoms with Crippen LogP contribution in [0.3, 0.4) is 0 Å². The highest BCUT2D eigenvalue weighted by atomic mass is 15.1. The Balaban J connectivity index is 1.15. The van der Waals surface area contributed by atoms with E-state index >= 15 is 0 Å². The standard InChI is InChI=1S/C61H58N2/c1-43-9-21-49(22-10-43)59(50-23-11-44(2)12-24-50)41-62(55-33-17-47(5)18-34-55)57-37-29-53(30-38-57)61(7,8)54-31-39-58(40-32-54)63(56-35-19-48(6)20-36-56)42-60(51-25-13-45(3)14-26-51)52-27-15-46(4)16-28-52/h9-42H,1-8H3. The van der Waals surface area contributed by atoms with E-state index in [1.54, 1.807) is 0 Å². The van der Waals surface area contributed by atoms with Crippen LogP contribution >= 0.6 is 0 Å². The molecule has 8 aromatic carbocycles. The van der Waals surface area contributed by atoms with Crippen LogP contribution in [0.2, 0.25) is 0 Å². The van der Waals surface area contributed by atoms with Crippen molar-refractivity contribution in [1.82, 2.24) is 0 Å². The third-order valence-corrected chi connectivity index (χ3v) is 12.3. The van der Waals surface area contributed by atoms with Crippen LogP contribution in [0, 0.1) is 41.5 Å². The average molecular weight is 819 g/mol. The SMILES string of the molecule is Cc1ccc(C(=CN(c2ccc(C)cc2)c2ccc(C(C)(C)c3ccc(N(C=C(c4ccc(C)cc4)c4ccc(C)cc4)c4ccc(C)cc4)cc3)cc2)c2ccc(C)cc2)cc1. The summed E-state index contributed by atoms with van der Waals surface area (Å²) in [6.45, 7) is 17.5. The van der Waals surface area contributed by atoms with Crippen molar-refractivity contribution in [3.8, 4) is 0 Å². The zero-order valence-corrected chi connectivity index (χ0v) is 38.0. The molecule has 2 heteroatoms. The molecule has 0 aliphatic carbocycles. The van der Waals surface area contributed by atoms with Crippen LogP contribution in [0.25, 0.3) is 11.1 Å². The van der Waals surface area contributed by atoms with E-state index in [1.807, 2.05) is 0 Å². The van der Waals surface area contributed by atoms with Gasteiger partial charge in [-0.2, -0.15) is 0 Å². The molecule has 0 aromatic heterocycles. The highest BCUT2D eigenvalue weighted by molar-refractivity contribution is 5.85. The van der Waals surface area contributed by atoms with Gasteiger partial charge in [0.25, 0.3) is 0 Å². The normalized spacial score (nSPS) is 11.2. The van der Waals surface area contributed by atoms with Gasteiger partial charge in [0.05, 0.1) is 0 Å². The summed E-state index contributed by atoms with van der Waals surface area (Å²) >= 11 is 0. The molecule has 0 unspecified atom stereocenters. The predicted octanol–water partition coefficient (Wildman–Crippen LogP) is 16.3. The molecule has 0 spiro atoms. The number of aryl methyl sites for hydroxylation is 6. The third kappa shape index (κ3) is 9.82. The Hall–Kier alpha value is -7.16.